The fourth-order valence-corrected chi connectivity index (χ4v) is 4.64. The molecule has 1 unspecified atom stereocenters. The van der Waals surface area contributed by atoms with Crippen molar-refractivity contribution in [3.63, 3.8) is 0 Å². The Labute approximate surface area is 193 Å². The summed E-state index contributed by atoms with van der Waals surface area (Å²) in [6.07, 6.45) is 0. The van der Waals surface area contributed by atoms with Crippen molar-refractivity contribution in [1.82, 2.24) is 14.8 Å². The third kappa shape index (κ3) is 4.37. The number of rotatable bonds is 7. The van der Waals surface area contributed by atoms with Crippen molar-refractivity contribution in [3.05, 3.63) is 71.6 Å². The van der Waals surface area contributed by atoms with Crippen LogP contribution in [0.25, 0.3) is 16.4 Å². The van der Waals surface area contributed by atoms with Gasteiger partial charge in [-0.2, -0.15) is 5.26 Å². The minimum absolute atomic E-state index is 0.232. The number of amides is 1. The number of para-hydroxylation sites is 3. The second kappa shape index (κ2) is 9.68. The fourth-order valence-electron chi connectivity index (χ4n) is 3.08. The first-order chi connectivity index (χ1) is 15.6. The van der Waals surface area contributed by atoms with Crippen molar-refractivity contribution in [3.8, 4) is 28.2 Å². The minimum atomic E-state index is -0.490. The van der Waals surface area contributed by atoms with E-state index >= 15 is 0 Å². The number of hydrogen-bond donors (Lipinski definition) is 1. The largest absolute Gasteiger partial charge is 0.495 e. The topological polar surface area (TPSA) is 92.8 Å². The summed E-state index contributed by atoms with van der Waals surface area (Å²) in [5.41, 5.74) is 1.68. The summed E-state index contributed by atoms with van der Waals surface area (Å²) in [5.74, 6) is 1.12. The van der Waals surface area contributed by atoms with E-state index in [0.717, 1.165) is 10.6 Å². The van der Waals surface area contributed by atoms with Crippen LogP contribution in [0.3, 0.4) is 0 Å². The maximum Gasteiger partial charge on any atom is 0.237 e. The number of thiophene rings is 1. The Bertz CT molecular complexity index is 1280. The summed E-state index contributed by atoms with van der Waals surface area (Å²) in [4.78, 5) is 13.8. The average Bonchev–Trinajstić information content (AvgIpc) is 3.49. The molecular weight excluding hydrogens is 442 g/mol. The summed E-state index contributed by atoms with van der Waals surface area (Å²) < 4.78 is 7.47. The molecule has 0 saturated carbocycles. The maximum atomic E-state index is 12.9. The molecule has 2 heterocycles. The van der Waals surface area contributed by atoms with Gasteiger partial charge < -0.3 is 10.1 Å². The molecule has 0 spiro atoms. The van der Waals surface area contributed by atoms with Crippen LogP contribution in [0, 0.1) is 11.3 Å². The molecule has 0 aliphatic carbocycles. The van der Waals surface area contributed by atoms with Crippen LogP contribution in [0.2, 0.25) is 0 Å². The number of anilines is 1. The Morgan fingerprint density at radius 1 is 1.16 bits per heavy atom. The molecule has 0 bridgehead atoms. The summed E-state index contributed by atoms with van der Waals surface area (Å²) in [5, 5.41) is 22.9. The molecule has 4 aromatic rings. The van der Waals surface area contributed by atoms with Gasteiger partial charge in [-0.1, -0.05) is 42.1 Å². The van der Waals surface area contributed by atoms with E-state index in [1.807, 2.05) is 46.3 Å². The molecule has 2 aromatic carbocycles. The molecule has 1 atom stereocenters. The van der Waals surface area contributed by atoms with Crippen LogP contribution < -0.4 is 10.1 Å². The van der Waals surface area contributed by atoms with Gasteiger partial charge in [0.1, 0.15) is 11.8 Å². The Morgan fingerprint density at radius 3 is 2.69 bits per heavy atom. The lowest BCUT2D eigenvalue weighted by Gasteiger charge is -2.15. The Balaban J connectivity index is 1.67. The number of thioether (sulfide) groups is 1. The third-order valence-corrected chi connectivity index (χ3v) is 6.57. The van der Waals surface area contributed by atoms with Gasteiger partial charge in [-0.3, -0.25) is 9.36 Å². The van der Waals surface area contributed by atoms with Gasteiger partial charge in [0, 0.05) is 0 Å². The number of carbonyl (C=O) groups is 1. The first-order valence-electron chi connectivity index (χ1n) is 9.71. The van der Waals surface area contributed by atoms with Crippen molar-refractivity contribution < 1.29 is 9.53 Å². The lowest BCUT2D eigenvalue weighted by Crippen LogP contribution is -2.23. The Hall–Kier alpha value is -3.61. The number of hydrogen-bond acceptors (Lipinski definition) is 7. The zero-order valence-corrected chi connectivity index (χ0v) is 19.0. The lowest BCUT2D eigenvalue weighted by molar-refractivity contribution is -0.115. The van der Waals surface area contributed by atoms with Gasteiger partial charge in [0.25, 0.3) is 0 Å². The highest BCUT2D eigenvalue weighted by Gasteiger charge is 2.24. The van der Waals surface area contributed by atoms with Crippen LogP contribution in [0.15, 0.2) is 71.2 Å². The van der Waals surface area contributed by atoms with E-state index in [2.05, 4.69) is 21.6 Å². The highest BCUT2D eigenvalue weighted by molar-refractivity contribution is 8.00. The molecular formula is C23H19N5O2S2. The molecule has 1 amide bonds. The number of ether oxygens (including phenoxy) is 1. The predicted octanol–water partition coefficient (Wildman–Crippen LogP) is 5.00. The second-order valence-corrected chi connectivity index (χ2v) is 8.95. The van der Waals surface area contributed by atoms with Gasteiger partial charge in [0.2, 0.25) is 5.91 Å². The smallest absolute Gasteiger partial charge is 0.237 e. The monoisotopic (exact) mass is 461 g/mol. The van der Waals surface area contributed by atoms with Gasteiger partial charge in [0.05, 0.1) is 34.2 Å². The fraction of sp³-hybridized carbons (Fsp3) is 0.130. The first kappa shape index (κ1) is 21.6. The molecule has 0 radical (unpaired) electrons. The SMILES string of the molecule is COc1ccccc1-n1c(SC(C)C(=O)Nc2ccccc2C#N)nnc1-c1cccs1. The quantitative estimate of drug-likeness (QED) is 0.390. The number of benzene rings is 2. The van der Waals surface area contributed by atoms with Gasteiger partial charge in [-0.15, -0.1) is 21.5 Å². The van der Waals surface area contributed by atoms with Gasteiger partial charge in [-0.05, 0) is 42.6 Å². The standard InChI is InChI=1S/C23H19N5O2S2/c1-15(22(29)25-17-9-4-3-8-16(17)14-24)32-23-27-26-21(20-12-7-13-31-20)28(23)18-10-5-6-11-19(18)30-2/h3-13,15H,1-2H3,(H,25,29). The van der Waals surface area contributed by atoms with Crippen LogP contribution in [0.1, 0.15) is 12.5 Å². The number of aromatic nitrogens is 3. The predicted molar refractivity (Wildman–Crippen MR) is 126 cm³/mol. The second-order valence-electron chi connectivity index (χ2n) is 6.70. The Kier molecular flexibility index (Phi) is 6.54. The van der Waals surface area contributed by atoms with Crippen molar-refractivity contribution in [1.29, 1.82) is 5.26 Å². The van der Waals surface area contributed by atoms with Crippen LogP contribution in [-0.4, -0.2) is 33.0 Å². The van der Waals surface area contributed by atoms with E-state index < -0.39 is 5.25 Å². The van der Waals surface area contributed by atoms with E-state index in [0.29, 0.717) is 28.0 Å². The van der Waals surface area contributed by atoms with Crippen molar-refractivity contribution in [2.75, 3.05) is 12.4 Å². The molecule has 7 nitrogen and oxygen atoms in total. The van der Waals surface area contributed by atoms with E-state index in [-0.39, 0.29) is 5.91 Å². The van der Waals surface area contributed by atoms with Crippen molar-refractivity contribution in [2.45, 2.75) is 17.3 Å². The molecule has 0 saturated heterocycles. The zero-order valence-electron chi connectivity index (χ0n) is 17.4. The third-order valence-electron chi connectivity index (χ3n) is 4.66. The van der Waals surface area contributed by atoms with Gasteiger partial charge >= 0.3 is 0 Å². The summed E-state index contributed by atoms with van der Waals surface area (Å²) in [6, 6.07) is 20.5. The number of nitrogens with one attached hydrogen (secondary N) is 1. The lowest BCUT2D eigenvalue weighted by atomic mass is 10.2. The number of carbonyl (C=O) groups excluding carboxylic acids is 1. The number of nitrogens with zero attached hydrogens (tertiary/aromatic N) is 4. The summed E-state index contributed by atoms with van der Waals surface area (Å²) >= 11 is 2.85. The Morgan fingerprint density at radius 2 is 1.94 bits per heavy atom. The van der Waals surface area contributed by atoms with Crippen LogP contribution >= 0.6 is 23.1 Å². The molecule has 32 heavy (non-hydrogen) atoms. The normalized spacial score (nSPS) is 11.5. The number of nitriles is 1. The highest BCUT2D eigenvalue weighted by Crippen LogP contribution is 2.35. The molecule has 0 aliphatic rings. The molecule has 4 rings (SSSR count). The summed E-state index contributed by atoms with van der Waals surface area (Å²) in [7, 11) is 1.61. The van der Waals surface area contributed by atoms with Gasteiger partial charge in [0.15, 0.2) is 11.0 Å². The molecule has 1 N–H and O–H groups in total. The van der Waals surface area contributed by atoms with E-state index in [9.17, 15) is 10.1 Å². The maximum absolute atomic E-state index is 12.9. The van der Waals surface area contributed by atoms with E-state index in [4.69, 9.17) is 4.74 Å². The summed E-state index contributed by atoms with van der Waals surface area (Å²) in [6.45, 7) is 1.79. The zero-order chi connectivity index (χ0) is 22.5. The molecule has 2 aromatic heterocycles. The van der Waals surface area contributed by atoms with E-state index in [1.54, 1.807) is 49.6 Å². The van der Waals surface area contributed by atoms with E-state index in [1.165, 1.54) is 11.8 Å². The average molecular weight is 462 g/mol. The highest BCUT2D eigenvalue weighted by atomic mass is 32.2. The van der Waals surface area contributed by atoms with Crippen LogP contribution in [0.5, 0.6) is 5.75 Å². The molecule has 160 valence electrons. The number of methoxy groups -OCH3 is 1. The molecule has 9 heteroatoms. The van der Waals surface area contributed by atoms with Crippen LogP contribution in [0.4, 0.5) is 5.69 Å². The first-order valence-corrected chi connectivity index (χ1v) is 11.5. The molecule has 0 aliphatic heterocycles. The minimum Gasteiger partial charge on any atom is -0.495 e. The van der Waals surface area contributed by atoms with Crippen molar-refractivity contribution >= 4 is 34.7 Å². The van der Waals surface area contributed by atoms with Gasteiger partial charge in [-0.25, -0.2) is 0 Å². The molecule has 0 fully saturated rings. The van der Waals surface area contributed by atoms with Crippen LogP contribution in [-0.2, 0) is 4.79 Å². The van der Waals surface area contributed by atoms with Crippen molar-refractivity contribution in [2.24, 2.45) is 0 Å².